The Morgan fingerprint density at radius 1 is 1.24 bits per heavy atom. The molecule has 1 aromatic rings. The normalized spacial score (nSPS) is 12.5. The van der Waals surface area contributed by atoms with E-state index in [1.807, 2.05) is 31.2 Å². The van der Waals surface area contributed by atoms with E-state index in [9.17, 15) is 4.79 Å². The van der Waals surface area contributed by atoms with Crippen molar-refractivity contribution in [1.29, 1.82) is 0 Å². The highest BCUT2D eigenvalue weighted by Crippen LogP contribution is 2.15. The lowest BCUT2D eigenvalue weighted by Crippen LogP contribution is -2.24. The molecular weight excluding hydrogens is 212 g/mol. The molecule has 3 nitrogen and oxygen atoms in total. The zero-order valence-electron chi connectivity index (χ0n) is 10.9. The predicted molar refractivity (Wildman–Crippen MR) is 71.8 cm³/mol. The van der Waals surface area contributed by atoms with Crippen LogP contribution in [0.2, 0.25) is 0 Å². The first kappa shape index (κ1) is 13.7. The molecule has 0 aliphatic carbocycles. The maximum Gasteiger partial charge on any atom is 0.227 e. The summed E-state index contributed by atoms with van der Waals surface area (Å²) in [5.41, 5.74) is 7.53. The first-order valence-electron chi connectivity index (χ1n) is 6.14. The first-order valence-corrected chi connectivity index (χ1v) is 6.14. The Labute approximate surface area is 103 Å². The number of carbonyl (C=O) groups is 1. The minimum absolute atomic E-state index is 0.0266. The van der Waals surface area contributed by atoms with Crippen molar-refractivity contribution < 1.29 is 4.79 Å². The summed E-state index contributed by atoms with van der Waals surface area (Å²) >= 11 is 0. The molecule has 1 unspecified atom stereocenters. The van der Waals surface area contributed by atoms with E-state index in [1.165, 1.54) is 5.56 Å². The van der Waals surface area contributed by atoms with Crippen molar-refractivity contribution in [2.45, 2.75) is 27.2 Å². The fourth-order valence-corrected chi connectivity index (χ4v) is 1.48. The number of anilines is 1. The Kier molecular flexibility index (Phi) is 5.16. The lowest BCUT2D eigenvalue weighted by atomic mass is 9.97. The van der Waals surface area contributed by atoms with E-state index >= 15 is 0 Å². The summed E-state index contributed by atoms with van der Waals surface area (Å²) in [5, 5.41) is 2.92. The van der Waals surface area contributed by atoms with E-state index in [-0.39, 0.29) is 11.8 Å². The molecule has 17 heavy (non-hydrogen) atoms. The minimum atomic E-state index is 0.0266. The van der Waals surface area contributed by atoms with Gasteiger partial charge in [0.1, 0.15) is 0 Å². The molecule has 3 heteroatoms. The molecule has 0 aliphatic heterocycles. The molecule has 0 fully saturated rings. The summed E-state index contributed by atoms with van der Waals surface area (Å²) in [7, 11) is 0. The minimum Gasteiger partial charge on any atom is -0.330 e. The SMILES string of the molecule is CC(C)C(C)C(=O)Nc1ccc(CCN)cc1. The Morgan fingerprint density at radius 2 is 1.82 bits per heavy atom. The van der Waals surface area contributed by atoms with Crippen LogP contribution in [0.3, 0.4) is 0 Å². The van der Waals surface area contributed by atoms with E-state index in [0.717, 1.165) is 12.1 Å². The fourth-order valence-electron chi connectivity index (χ4n) is 1.48. The second-order valence-electron chi connectivity index (χ2n) is 4.76. The maximum atomic E-state index is 11.8. The average Bonchev–Trinajstić information content (AvgIpc) is 2.30. The summed E-state index contributed by atoms with van der Waals surface area (Å²) in [6, 6.07) is 7.86. The van der Waals surface area contributed by atoms with E-state index in [4.69, 9.17) is 5.73 Å². The Bertz CT molecular complexity index is 357. The van der Waals surface area contributed by atoms with Gasteiger partial charge in [0.15, 0.2) is 0 Å². The van der Waals surface area contributed by atoms with Gasteiger partial charge in [0.2, 0.25) is 5.91 Å². The van der Waals surface area contributed by atoms with Crippen LogP contribution >= 0.6 is 0 Å². The summed E-state index contributed by atoms with van der Waals surface area (Å²) < 4.78 is 0. The highest BCUT2D eigenvalue weighted by Gasteiger charge is 2.16. The molecular formula is C14H22N2O. The van der Waals surface area contributed by atoms with Gasteiger partial charge in [-0.15, -0.1) is 0 Å². The molecule has 0 spiro atoms. The molecule has 0 aromatic heterocycles. The smallest absolute Gasteiger partial charge is 0.227 e. The summed E-state index contributed by atoms with van der Waals surface area (Å²) in [5.74, 6) is 0.455. The monoisotopic (exact) mass is 234 g/mol. The van der Waals surface area contributed by atoms with Crippen LogP contribution in [0.4, 0.5) is 5.69 Å². The van der Waals surface area contributed by atoms with E-state index < -0.39 is 0 Å². The number of nitrogens with one attached hydrogen (secondary N) is 1. The second kappa shape index (κ2) is 6.40. The summed E-state index contributed by atoms with van der Waals surface area (Å²) in [4.78, 5) is 11.8. The lowest BCUT2D eigenvalue weighted by molar-refractivity contribution is -0.120. The summed E-state index contributed by atoms with van der Waals surface area (Å²) in [6.07, 6.45) is 0.872. The van der Waals surface area contributed by atoms with Crippen molar-refractivity contribution in [2.75, 3.05) is 11.9 Å². The number of benzene rings is 1. The van der Waals surface area contributed by atoms with E-state index in [1.54, 1.807) is 0 Å². The molecule has 1 rings (SSSR count). The highest BCUT2D eigenvalue weighted by molar-refractivity contribution is 5.92. The van der Waals surface area contributed by atoms with Crippen LogP contribution in [-0.2, 0) is 11.2 Å². The van der Waals surface area contributed by atoms with Gasteiger partial charge in [0.25, 0.3) is 0 Å². The van der Waals surface area contributed by atoms with Crippen molar-refractivity contribution >= 4 is 11.6 Å². The van der Waals surface area contributed by atoms with Gasteiger partial charge in [-0.3, -0.25) is 4.79 Å². The topological polar surface area (TPSA) is 55.1 Å². The van der Waals surface area contributed by atoms with Gasteiger partial charge in [-0.25, -0.2) is 0 Å². The zero-order valence-corrected chi connectivity index (χ0v) is 10.9. The van der Waals surface area contributed by atoms with E-state index in [0.29, 0.717) is 12.5 Å². The molecule has 0 radical (unpaired) electrons. The van der Waals surface area contributed by atoms with Gasteiger partial charge >= 0.3 is 0 Å². The first-order chi connectivity index (χ1) is 8.04. The van der Waals surface area contributed by atoms with Crippen LogP contribution in [0.5, 0.6) is 0 Å². The second-order valence-corrected chi connectivity index (χ2v) is 4.76. The number of nitrogens with two attached hydrogens (primary N) is 1. The number of amides is 1. The molecule has 1 aromatic carbocycles. The molecule has 0 aliphatic rings. The third-order valence-corrected chi connectivity index (χ3v) is 3.07. The lowest BCUT2D eigenvalue weighted by Gasteiger charge is -2.15. The van der Waals surface area contributed by atoms with Gasteiger partial charge in [0.05, 0.1) is 0 Å². The molecule has 0 saturated carbocycles. The Balaban J connectivity index is 2.60. The Morgan fingerprint density at radius 3 is 2.29 bits per heavy atom. The third-order valence-electron chi connectivity index (χ3n) is 3.07. The standard InChI is InChI=1S/C14H22N2O/c1-10(2)11(3)14(17)16-13-6-4-12(5-7-13)8-9-15/h4-7,10-11H,8-9,15H2,1-3H3,(H,16,17). The quantitative estimate of drug-likeness (QED) is 0.822. The molecule has 0 saturated heterocycles. The van der Waals surface area contributed by atoms with Crippen molar-refractivity contribution in [3.05, 3.63) is 29.8 Å². The molecule has 1 amide bonds. The van der Waals surface area contributed by atoms with Gasteiger partial charge in [-0.1, -0.05) is 32.9 Å². The van der Waals surface area contributed by atoms with Crippen LogP contribution in [0.25, 0.3) is 0 Å². The molecule has 3 N–H and O–H groups in total. The fraction of sp³-hybridized carbons (Fsp3) is 0.500. The molecule has 0 bridgehead atoms. The van der Waals surface area contributed by atoms with E-state index in [2.05, 4.69) is 19.2 Å². The number of hydrogen-bond acceptors (Lipinski definition) is 2. The van der Waals surface area contributed by atoms with Gasteiger partial charge < -0.3 is 11.1 Å². The third kappa shape index (κ3) is 4.19. The average molecular weight is 234 g/mol. The predicted octanol–water partition coefficient (Wildman–Crippen LogP) is 2.42. The number of carbonyl (C=O) groups excluding carboxylic acids is 1. The molecule has 0 heterocycles. The van der Waals surface area contributed by atoms with Crippen molar-refractivity contribution in [3.8, 4) is 0 Å². The highest BCUT2D eigenvalue weighted by atomic mass is 16.1. The largest absolute Gasteiger partial charge is 0.330 e. The van der Waals surface area contributed by atoms with Gasteiger partial charge in [-0.05, 0) is 36.6 Å². The van der Waals surface area contributed by atoms with Crippen LogP contribution in [-0.4, -0.2) is 12.5 Å². The van der Waals surface area contributed by atoms with Crippen LogP contribution in [0.1, 0.15) is 26.3 Å². The van der Waals surface area contributed by atoms with Gasteiger partial charge in [0, 0.05) is 11.6 Å². The van der Waals surface area contributed by atoms with Crippen LogP contribution in [0, 0.1) is 11.8 Å². The Hall–Kier alpha value is -1.35. The van der Waals surface area contributed by atoms with Crippen molar-refractivity contribution in [1.82, 2.24) is 0 Å². The summed E-state index contributed by atoms with van der Waals surface area (Å²) in [6.45, 7) is 6.70. The number of rotatable bonds is 5. The zero-order chi connectivity index (χ0) is 12.8. The maximum absolute atomic E-state index is 11.8. The number of hydrogen-bond donors (Lipinski definition) is 2. The van der Waals surface area contributed by atoms with Crippen molar-refractivity contribution in [2.24, 2.45) is 17.6 Å². The van der Waals surface area contributed by atoms with Crippen LogP contribution in [0.15, 0.2) is 24.3 Å². The molecule has 94 valence electrons. The molecule has 1 atom stereocenters. The van der Waals surface area contributed by atoms with Crippen molar-refractivity contribution in [3.63, 3.8) is 0 Å². The van der Waals surface area contributed by atoms with Gasteiger partial charge in [-0.2, -0.15) is 0 Å². The van der Waals surface area contributed by atoms with Crippen LogP contribution < -0.4 is 11.1 Å².